The normalized spacial score (nSPS) is 18.1. The molecule has 0 spiro atoms. The first-order valence-corrected chi connectivity index (χ1v) is 5.80. The van der Waals surface area contributed by atoms with Gasteiger partial charge in [-0.25, -0.2) is 4.98 Å². The van der Waals surface area contributed by atoms with E-state index in [2.05, 4.69) is 25.8 Å². The van der Waals surface area contributed by atoms with E-state index in [4.69, 9.17) is 5.73 Å². The van der Waals surface area contributed by atoms with Crippen molar-refractivity contribution in [2.24, 2.45) is 0 Å². The molecule has 1 aliphatic rings. The molecule has 1 saturated heterocycles. The third kappa shape index (κ3) is 2.41. The number of nitrogens with zero attached hydrogens (tertiary/aromatic N) is 2. The molecule has 0 aliphatic carbocycles. The second-order valence-electron chi connectivity index (χ2n) is 3.78. The number of halogens is 1. The topological polar surface area (TPSA) is 62.4 Å². The molecule has 1 fully saturated rings. The van der Waals surface area contributed by atoms with Crippen LogP contribution in [0.3, 0.4) is 0 Å². The average Bonchev–Trinajstić information content (AvgIpc) is 2.20. The van der Waals surface area contributed by atoms with Gasteiger partial charge in [0.25, 0.3) is 0 Å². The molecule has 3 N–H and O–H groups in total. The van der Waals surface area contributed by atoms with E-state index in [1.54, 1.807) is 6.20 Å². The first-order chi connectivity index (χ1) is 7.16. The van der Waals surface area contributed by atoms with Crippen LogP contribution < -0.4 is 10.6 Å². The zero-order valence-electron chi connectivity index (χ0n) is 8.36. The highest BCUT2D eigenvalue weighted by Gasteiger charge is 2.19. The maximum absolute atomic E-state index is 9.40. The first-order valence-electron chi connectivity index (χ1n) is 5.01. The molecule has 1 aromatic rings. The standard InChI is InChI=1S/C10H14BrN3O/c11-7-5-9(12)10(13-6-7)14-3-1-8(15)2-4-14/h5-6,8,15H,1-4,12H2. The van der Waals surface area contributed by atoms with Gasteiger partial charge in [0, 0.05) is 23.8 Å². The van der Waals surface area contributed by atoms with Crippen LogP contribution in [0.4, 0.5) is 11.5 Å². The summed E-state index contributed by atoms with van der Waals surface area (Å²) in [6.45, 7) is 1.64. The highest BCUT2D eigenvalue weighted by molar-refractivity contribution is 9.10. The Morgan fingerprint density at radius 2 is 2.13 bits per heavy atom. The smallest absolute Gasteiger partial charge is 0.151 e. The van der Waals surface area contributed by atoms with Crippen LogP contribution in [-0.2, 0) is 0 Å². The second-order valence-corrected chi connectivity index (χ2v) is 4.70. The minimum Gasteiger partial charge on any atom is -0.396 e. The van der Waals surface area contributed by atoms with E-state index >= 15 is 0 Å². The zero-order chi connectivity index (χ0) is 10.8. The van der Waals surface area contributed by atoms with Crippen LogP contribution in [-0.4, -0.2) is 29.3 Å². The van der Waals surface area contributed by atoms with Crippen LogP contribution in [0, 0.1) is 0 Å². The van der Waals surface area contributed by atoms with Crippen molar-refractivity contribution in [3.05, 3.63) is 16.7 Å². The van der Waals surface area contributed by atoms with Gasteiger partial charge in [-0.2, -0.15) is 0 Å². The molecule has 0 unspecified atom stereocenters. The van der Waals surface area contributed by atoms with E-state index in [0.717, 1.165) is 36.2 Å². The Morgan fingerprint density at radius 1 is 1.47 bits per heavy atom. The van der Waals surface area contributed by atoms with E-state index < -0.39 is 0 Å². The van der Waals surface area contributed by atoms with E-state index in [1.165, 1.54) is 0 Å². The van der Waals surface area contributed by atoms with Crippen molar-refractivity contribution in [1.82, 2.24) is 4.98 Å². The fourth-order valence-corrected chi connectivity index (χ4v) is 2.14. The largest absolute Gasteiger partial charge is 0.396 e. The van der Waals surface area contributed by atoms with E-state index in [-0.39, 0.29) is 6.10 Å². The van der Waals surface area contributed by atoms with Crippen LogP contribution in [0.1, 0.15) is 12.8 Å². The van der Waals surface area contributed by atoms with Gasteiger partial charge in [0.2, 0.25) is 0 Å². The number of rotatable bonds is 1. The summed E-state index contributed by atoms with van der Waals surface area (Å²) >= 11 is 3.33. The lowest BCUT2D eigenvalue weighted by molar-refractivity contribution is 0.145. The number of aliphatic hydroxyl groups is 1. The van der Waals surface area contributed by atoms with Gasteiger partial charge in [-0.05, 0) is 34.8 Å². The summed E-state index contributed by atoms with van der Waals surface area (Å²) in [4.78, 5) is 6.42. The summed E-state index contributed by atoms with van der Waals surface area (Å²) in [6.07, 6.45) is 3.16. The van der Waals surface area contributed by atoms with E-state index in [0.29, 0.717) is 5.69 Å². The lowest BCUT2D eigenvalue weighted by Gasteiger charge is -2.31. The van der Waals surface area contributed by atoms with Gasteiger partial charge in [0.1, 0.15) is 0 Å². The maximum Gasteiger partial charge on any atom is 0.151 e. The van der Waals surface area contributed by atoms with Gasteiger partial charge in [0.05, 0.1) is 11.8 Å². The zero-order valence-corrected chi connectivity index (χ0v) is 9.94. The minimum absolute atomic E-state index is 0.169. The summed E-state index contributed by atoms with van der Waals surface area (Å²) in [6, 6.07) is 1.85. The number of hydrogen-bond donors (Lipinski definition) is 2. The van der Waals surface area contributed by atoms with Gasteiger partial charge >= 0.3 is 0 Å². The lowest BCUT2D eigenvalue weighted by Crippen LogP contribution is -2.36. The van der Waals surface area contributed by atoms with Gasteiger partial charge in [-0.15, -0.1) is 0 Å². The molecule has 0 saturated carbocycles. The molecule has 1 aromatic heterocycles. The molecule has 0 amide bonds. The highest BCUT2D eigenvalue weighted by atomic mass is 79.9. The fourth-order valence-electron chi connectivity index (χ4n) is 1.79. The highest BCUT2D eigenvalue weighted by Crippen LogP contribution is 2.26. The first kappa shape index (κ1) is 10.7. The van der Waals surface area contributed by atoms with Crippen LogP contribution in [0.2, 0.25) is 0 Å². The predicted octanol–water partition coefficient (Wildman–Crippen LogP) is 1.39. The minimum atomic E-state index is -0.169. The summed E-state index contributed by atoms with van der Waals surface area (Å²) in [5, 5.41) is 9.40. The number of pyridine rings is 1. The summed E-state index contributed by atoms with van der Waals surface area (Å²) < 4.78 is 0.890. The molecule has 1 aliphatic heterocycles. The Morgan fingerprint density at radius 3 is 2.73 bits per heavy atom. The third-order valence-corrected chi connectivity index (χ3v) is 3.06. The van der Waals surface area contributed by atoms with E-state index in [1.807, 2.05) is 6.07 Å². The number of anilines is 2. The maximum atomic E-state index is 9.40. The Bertz CT molecular complexity index is 351. The quantitative estimate of drug-likeness (QED) is 0.811. The molecular weight excluding hydrogens is 258 g/mol. The molecule has 5 heteroatoms. The second kappa shape index (κ2) is 4.37. The molecular formula is C10H14BrN3O. The Hall–Kier alpha value is -0.810. The molecule has 2 heterocycles. The Kier molecular flexibility index (Phi) is 3.11. The average molecular weight is 272 g/mol. The molecule has 15 heavy (non-hydrogen) atoms. The summed E-state index contributed by atoms with van der Waals surface area (Å²) in [5.74, 6) is 0.824. The molecule has 4 nitrogen and oxygen atoms in total. The number of hydrogen-bond acceptors (Lipinski definition) is 4. The van der Waals surface area contributed by atoms with Crippen molar-refractivity contribution in [3.8, 4) is 0 Å². The molecule has 0 atom stereocenters. The number of piperidine rings is 1. The van der Waals surface area contributed by atoms with Crippen molar-refractivity contribution in [1.29, 1.82) is 0 Å². The van der Waals surface area contributed by atoms with Crippen molar-refractivity contribution in [3.63, 3.8) is 0 Å². The van der Waals surface area contributed by atoms with Crippen LogP contribution in [0.15, 0.2) is 16.7 Å². The summed E-state index contributed by atoms with van der Waals surface area (Å²) in [7, 11) is 0. The van der Waals surface area contributed by atoms with Crippen molar-refractivity contribution >= 4 is 27.4 Å². The number of nitrogens with two attached hydrogens (primary N) is 1. The van der Waals surface area contributed by atoms with Gasteiger partial charge < -0.3 is 15.7 Å². The Balaban J connectivity index is 2.15. The molecule has 0 aromatic carbocycles. The number of nitrogen functional groups attached to an aromatic ring is 1. The molecule has 82 valence electrons. The van der Waals surface area contributed by atoms with E-state index in [9.17, 15) is 5.11 Å². The van der Waals surface area contributed by atoms with Crippen LogP contribution in [0.25, 0.3) is 0 Å². The van der Waals surface area contributed by atoms with Crippen LogP contribution >= 0.6 is 15.9 Å². The van der Waals surface area contributed by atoms with Crippen molar-refractivity contribution in [2.45, 2.75) is 18.9 Å². The van der Waals surface area contributed by atoms with Crippen molar-refractivity contribution in [2.75, 3.05) is 23.7 Å². The number of aliphatic hydroxyl groups excluding tert-OH is 1. The van der Waals surface area contributed by atoms with Gasteiger partial charge in [0.15, 0.2) is 5.82 Å². The predicted molar refractivity (Wildman–Crippen MR) is 63.8 cm³/mol. The summed E-state index contributed by atoms with van der Waals surface area (Å²) in [5.41, 5.74) is 6.57. The number of aromatic nitrogens is 1. The third-order valence-electron chi connectivity index (χ3n) is 2.63. The molecule has 2 rings (SSSR count). The lowest BCUT2D eigenvalue weighted by atomic mass is 10.1. The Labute approximate surface area is 97.2 Å². The van der Waals surface area contributed by atoms with Gasteiger partial charge in [-0.1, -0.05) is 0 Å². The monoisotopic (exact) mass is 271 g/mol. The molecule has 0 radical (unpaired) electrons. The van der Waals surface area contributed by atoms with Gasteiger partial charge in [-0.3, -0.25) is 0 Å². The fraction of sp³-hybridized carbons (Fsp3) is 0.500. The SMILES string of the molecule is Nc1cc(Br)cnc1N1CCC(O)CC1. The van der Waals surface area contributed by atoms with Crippen molar-refractivity contribution < 1.29 is 5.11 Å². The van der Waals surface area contributed by atoms with Crippen LogP contribution in [0.5, 0.6) is 0 Å². The molecule has 0 bridgehead atoms.